The van der Waals surface area contributed by atoms with Crippen molar-refractivity contribution in [2.75, 3.05) is 17.7 Å². The van der Waals surface area contributed by atoms with Gasteiger partial charge in [-0.05, 0) is 43.0 Å². The summed E-state index contributed by atoms with van der Waals surface area (Å²) in [6.45, 7) is 4.82. The lowest BCUT2D eigenvalue weighted by molar-refractivity contribution is -0.384. The molecule has 1 aliphatic heterocycles. The highest BCUT2D eigenvalue weighted by atomic mass is 32.2. The highest BCUT2D eigenvalue weighted by molar-refractivity contribution is 7.90. The van der Waals surface area contributed by atoms with Crippen LogP contribution in [0.2, 0.25) is 0 Å². The first kappa shape index (κ1) is 19.4. The van der Waals surface area contributed by atoms with Crippen molar-refractivity contribution in [3.8, 4) is 0 Å². The minimum atomic E-state index is -3.52. The molecule has 8 heteroatoms. The summed E-state index contributed by atoms with van der Waals surface area (Å²) in [6.07, 6.45) is 3.56. The van der Waals surface area contributed by atoms with Gasteiger partial charge < -0.3 is 9.32 Å². The fourth-order valence-electron chi connectivity index (χ4n) is 3.59. The van der Waals surface area contributed by atoms with Gasteiger partial charge in [-0.15, -0.1) is 0 Å². The Hall–Kier alpha value is -2.35. The maximum absolute atomic E-state index is 11.8. The topological polar surface area (TPSA) is 93.7 Å². The van der Waals surface area contributed by atoms with E-state index in [4.69, 9.17) is 4.42 Å². The zero-order valence-corrected chi connectivity index (χ0v) is 16.5. The molecule has 146 valence electrons. The normalized spacial score (nSPS) is 20.6. The minimum Gasteiger partial charge on any atom is -0.464 e. The Morgan fingerprint density at radius 3 is 2.63 bits per heavy atom. The molecule has 0 aliphatic carbocycles. The summed E-state index contributed by atoms with van der Waals surface area (Å²) in [6, 6.07) is 7.89. The Labute approximate surface area is 159 Å². The van der Waals surface area contributed by atoms with Crippen LogP contribution in [-0.4, -0.2) is 26.1 Å². The molecule has 1 aromatic carbocycles. The van der Waals surface area contributed by atoms with E-state index in [0.717, 1.165) is 43.1 Å². The summed E-state index contributed by atoms with van der Waals surface area (Å²) in [5.41, 5.74) is 0.235. The molecule has 2 aromatic rings. The van der Waals surface area contributed by atoms with Crippen LogP contribution in [0.4, 0.5) is 11.4 Å². The van der Waals surface area contributed by atoms with Gasteiger partial charge in [0.25, 0.3) is 5.69 Å². The summed E-state index contributed by atoms with van der Waals surface area (Å²) in [5, 5.41) is 11.7. The molecule has 3 rings (SSSR count). The van der Waals surface area contributed by atoms with Gasteiger partial charge in [-0.25, -0.2) is 8.42 Å². The summed E-state index contributed by atoms with van der Waals surface area (Å²) in [4.78, 5) is 13.1. The molecule has 1 aromatic heterocycles. The van der Waals surface area contributed by atoms with Gasteiger partial charge in [0.15, 0.2) is 9.84 Å². The average Bonchev–Trinajstić information content (AvgIpc) is 3.09. The summed E-state index contributed by atoms with van der Waals surface area (Å²) in [7, 11) is -3.52. The zero-order chi connectivity index (χ0) is 19.8. The smallest absolute Gasteiger partial charge is 0.293 e. The van der Waals surface area contributed by atoms with Crippen molar-refractivity contribution in [1.82, 2.24) is 0 Å². The number of hydrogen-bond acceptors (Lipinski definition) is 6. The third-order valence-corrected chi connectivity index (χ3v) is 6.22. The highest BCUT2D eigenvalue weighted by Gasteiger charge is 2.34. The van der Waals surface area contributed by atoms with Gasteiger partial charge in [-0.2, -0.15) is 0 Å². The van der Waals surface area contributed by atoms with Crippen LogP contribution in [0.3, 0.4) is 0 Å². The number of furan rings is 1. The van der Waals surface area contributed by atoms with Crippen LogP contribution >= 0.6 is 0 Å². The van der Waals surface area contributed by atoms with Crippen molar-refractivity contribution in [2.24, 2.45) is 5.92 Å². The van der Waals surface area contributed by atoms with Crippen molar-refractivity contribution < 1.29 is 17.8 Å². The Balaban J connectivity index is 2.07. The van der Waals surface area contributed by atoms with Gasteiger partial charge in [0.05, 0.1) is 15.9 Å². The Morgan fingerprint density at radius 2 is 2.04 bits per heavy atom. The summed E-state index contributed by atoms with van der Waals surface area (Å²) < 4.78 is 29.6. The number of aryl methyl sites for hydroxylation is 1. The Bertz CT molecular complexity index is 951. The van der Waals surface area contributed by atoms with Gasteiger partial charge in [-0.3, -0.25) is 10.1 Å². The molecule has 0 spiro atoms. The molecule has 0 bridgehead atoms. The van der Waals surface area contributed by atoms with E-state index in [1.807, 2.05) is 24.0 Å². The molecule has 2 unspecified atom stereocenters. The largest absolute Gasteiger partial charge is 0.464 e. The van der Waals surface area contributed by atoms with Crippen molar-refractivity contribution >= 4 is 21.2 Å². The summed E-state index contributed by atoms with van der Waals surface area (Å²) >= 11 is 0. The molecular formula is C19H24N2O5S. The molecular weight excluding hydrogens is 368 g/mol. The third kappa shape index (κ3) is 4.00. The van der Waals surface area contributed by atoms with Crippen molar-refractivity contribution in [3.63, 3.8) is 0 Å². The second-order valence-electron chi connectivity index (χ2n) is 7.18. The molecule has 2 atom stereocenters. The van der Waals surface area contributed by atoms with E-state index in [-0.39, 0.29) is 16.6 Å². The molecule has 0 N–H and O–H groups in total. The molecule has 27 heavy (non-hydrogen) atoms. The van der Waals surface area contributed by atoms with E-state index in [9.17, 15) is 18.5 Å². The Kier molecular flexibility index (Phi) is 5.28. The number of rotatable bonds is 5. The van der Waals surface area contributed by atoms with E-state index in [0.29, 0.717) is 18.2 Å². The van der Waals surface area contributed by atoms with E-state index in [1.165, 1.54) is 6.07 Å². The Morgan fingerprint density at radius 1 is 1.30 bits per heavy atom. The van der Waals surface area contributed by atoms with E-state index < -0.39 is 14.8 Å². The van der Waals surface area contributed by atoms with Crippen molar-refractivity contribution in [3.05, 3.63) is 52.0 Å². The standard InChI is InChI=1S/C19H24N2O5S/c1-4-14-5-8-19(26-14)18-11-13(2)9-10-20(18)16-7-6-15(27(3,24)25)12-17(16)21(22)23/h5-8,12-13,18H,4,9-11H2,1-3H3. The first-order chi connectivity index (χ1) is 12.7. The number of benzene rings is 1. The fraction of sp³-hybridized carbons (Fsp3) is 0.474. The van der Waals surface area contributed by atoms with Crippen LogP contribution in [0.1, 0.15) is 44.3 Å². The van der Waals surface area contributed by atoms with Gasteiger partial charge >= 0.3 is 0 Å². The predicted molar refractivity (Wildman–Crippen MR) is 103 cm³/mol. The first-order valence-electron chi connectivity index (χ1n) is 9.04. The number of nitrogens with zero attached hydrogens (tertiary/aromatic N) is 2. The first-order valence-corrected chi connectivity index (χ1v) is 10.9. The van der Waals surface area contributed by atoms with Gasteiger partial charge in [-0.1, -0.05) is 13.8 Å². The molecule has 0 amide bonds. The number of hydrogen-bond donors (Lipinski definition) is 0. The predicted octanol–water partition coefficient (Wildman–Crippen LogP) is 4.13. The van der Waals surface area contributed by atoms with Crippen LogP contribution in [0.25, 0.3) is 0 Å². The third-order valence-electron chi connectivity index (χ3n) is 5.11. The maximum Gasteiger partial charge on any atom is 0.293 e. The lowest BCUT2D eigenvalue weighted by atomic mass is 9.90. The quantitative estimate of drug-likeness (QED) is 0.561. The number of nitro groups is 1. The lowest BCUT2D eigenvalue weighted by Crippen LogP contribution is -2.36. The van der Waals surface area contributed by atoms with Crippen LogP contribution in [0, 0.1) is 16.0 Å². The maximum atomic E-state index is 11.8. The van der Waals surface area contributed by atoms with Gasteiger partial charge in [0.1, 0.15) is 17.2 Å². The van der Waals surface area contributed by atoms with E-state index >= 15 is 0 Å². The molecule has 0 radical (unpaired) electrons. The number of anilines is 1. The number of nitro benzene ring substituents is 1. The van der Waals surface area contributed by atoms with Gasteiger partial charge in [0.2, 0.25) is 0 Å². The SMILES string of the molecule is CCc1ccc(C2CC(C)CCN2c2ccc(S(C)(=O)=O)cc2[N+](=O)[O-])o1. The second kappa shape index (κ2) is 7.34. The molecule has 1 fully saturated rings. The van der Waals surface area contributed by atoms with Crippen LogP contribution < -0.4 is 4.90 Å². The summed E-state index contributed by atoms with van der Waals surface area (Å²) in [5.74, 6) is 2.14. The van der Waals surface area contributed by atoms with Crippen molar-refractivity contribution in [2.45, 2.75) is 44.0 Å². The number of sulfone groups is 1. The fourth-order valence-corrected chi connectivity index (χ4v) is 4.23. The minimum absolute atomic E-state index is 0.0499. The molecule has 1 aliphatic rings. The highest BCUT2D eigenvalue weighted by Crippen LogP contribution is 2.42. The average molecular weight is 392 g/mol. The molecule has 1 saturated heterocycles. The zero-order valence-electron chi connectivity index (χ0n) is 15.7. The van der Waals surface area contributed by atoms with Crippen molar-refractivity contribution in [1.29, 1.82) is 0 Å². The monoisotopic (exact) mass is 392 g/mol. The molecule has 2 heterocycles. The molecule has 0 saturated carbocycles. The van der Waals surface area contributed by atoms with E-state index in [1.54, 1.807) is 6.07 Å². The van der Waals surface area contributed by atoms with Crippen LogP contribution in [0.15, 0.2) is 39.6 Å². The van der Waals surface area contributed by atoms with Gasteiger partial charge in [0, 0.05) is 25.3 Å². The number of piperidine rings is 1. The van der Waals surface area contributed by atoms with E-state index in [2.05, 4.69) is 6.92 Å². The van der Waals surface area contributed by atoms with Crippen LogP contribution in [-0.2, 0) is 16.3 Å². The van der Waals surface area contributed by atoms with Crippen LogP contribution in [0.5, 0.6) is 0 Å². The lowest BCUT2D eigenvalue weighted by Gasteiger charge is -2.38. The molecule has 7 nitrogen and oxygen atoms in total. The second-order valence-corrected chi connectivity index (χ2v) is 9.19.